The third kappa shape index (κ3) is 6.32. The van der Waals surface area contributed by atoms with Crippen molar-refractivity contribution >= 4 is 37.5 Å². The number of nitrogens with zero attached hydrogens (tertiary/aromatic N) is 1. The summed E-state index contributed by atoms with van der Waals surface area (Å²) in [4.78, 5) is 12.7. The molecule has 1 amide bonds. The van der Waals surface area contributed by atoms with Gasteiger partial charge in [0.05, 0.1) is 17.1 Å². The number of hydrogen-bond donors (Lipinski definition) is 1. The number of carbonyl (C=O) groups excluding carboxylic acids is 1. The van der Waals surface area contributed by atoms with E-state index in [-0.39, 0.29) is 24.6 Å². The van der Waals surface area contributed by atoms with E-state index < -0.39 is 15.9 Å². The summed E-state index contributed by atoms with van der Waals surface area (Å²) in [6, 6.07) is 22.4. The number of amides is 1. The van der Waals surface area contributed by atoms with Crippen LogP contribution in [0.5, 0.6) is 5.75 Å². The van der Waals surface area contributed by atoms with E-state index in [0.717, 1.165) is 14.3 Å². The van der Waals surface area contributed by atoms with Crippen LogP contribution in [0.4, 0.5) is 5.69 Å². The second-order valence-electron chi connectivity index (χ2n) is 6.81. The molecule has 0 saturated carbocycles. The topological polar surface area (TPSA) is 75.7 Å². The number of halogens is 1. The Kier molecular flexibility index (Phi) is 7.70. The summed E-state index contributed by atoms with van der Waals surface area (Å²) >= 11 is 3.34. The molecule has 0 aliphatic rings. The molecule has 0 aliphatic carbocycles. The first kappa shape index (κ1) is 22.8. The maximum absolute atomic E-state index is 13.2. The van der Waals surface area contributed by atoms with Crippen LogP contribution in [0.1, 0.15) is 5.56 Å². The Morgan fingerprint density at radius 1 is 0.968 bits per heavy atom. The molecule has 0 bridgehead atoms. The highest BCUT2D eigenvalue weighted by molar-refractivity contribution is 9.10. The van der Waals surface area contributed by atoms with Crippen LogP contribution in [0, 0.1) is 6.92 Å². The fourth-order valence-corrected chi connectivity index (χ4v) is 4.53. The minimum atomic E-state index is -3.91. The highest BCUT2D eigenvalue weighted by Gasteiger charge is 2.26. The normalized spacial score (nSPS) is 11.0. The number of carbonyl (C=O) groups is 1. The molecule has 0 saturated heterocycles. The first-order valence-electron chi connectivity index (χ1n) is 9.66. The quantitative estimate of drug-likeness (QED) is 0.446. The van der Waals surface area contributed by atoms with Gasteiger partial charge < -0.3 is 10.1 Å². The van der Waals surface area contributed by atoms with Crippen LogP contribution in [0.15, 0.2) is 88.2 Å². The molecule has 31 heavy (non-hydrogen) atoms. The highest BCUT2D eigenvalue weighted by Crippen LogP contribution is 2.25. The molecular formula is C23H23BrN2O4S. The van der Waals surface area contributed by atoms with Crippen molar-refractivity contribution in [2.75, 3.05) is 24.0 Å². The lowest BCUT2D eigenvalue weighted by atomic mass is 10.2. The van der Waals surface area contributed by atoms with E-state index in [2.05, 4.69) is 21.2 Å². The summed E-state index contributed by atoms with van der Waals surface area (Å²) in [5.74, 6) is 0.290. The Hall–Kier alpha value is -2.84. The molecule has 1 N–H and O–H groups in total. The number of benzene rings is 3. The summed E-state index contributed by atoms with van der Waals surface area (Å²) in [7, 11) is -3.91. The molecule has 3 rings (SSSR count). The van der Waals surface area contributed by atoms with Gasteiger partial charge in [-0.1, -0.05) is 51.8 Å². The van der Waals surface area contributed by atoms with Crippen molar-refractivity contribution in [2.24, 2.45) is 0 Å². The van der Waals surface area contributed by atoms with Gasteiger partial charge in [0.2, 0.25) is 5.91 Å². The molecule has 0 atom stereocenters. The summed E-state index contributed by atoms with van der Waals surface area (Å²) in [6.45, 7) is 2.18. The Balaban J connectivity index is 1.67. The number of hydrogen-bond acceptors (Lipinski definition) is 4. The standard InChI is InChI=1S/C23H23BrN2O4S/c1-18-7-13-21(14-8-18)30-16-15-25-23(27)17-26(20-11-9-19(24)10-12-20)31(28,29)22-5-3-2-4-6-22/h2-14H,15-17H2,1H3,(H,25,27). The van der Waals surface area contributed by atoms with Gasteiger partial charge in [-0.05, 0) is 55.5 Å². The Morgan fingerprint density at radius 3 is 2.26 bits per heavy atom. The molecule has 0 aliphatic heterocycles. The van der Waals surface area contributed by atoms with Crippen LogP contribution < -0.4 is 14.4 Å². The lowest BCUT2D eigenvalue weighted by Crippen LogP contribution is -2.41. The Bertz CT molecular complexity index is 1100. The maximum Gasteiger partial charge on any atom is 0.264 e. The van der Waals surface area contributed by atoms with E-state index in [9.17, 15) is 13.2 Å². The van der Waals surface area contributed by atoms with Gasteiger partial charge in [0.15, 0.2) is 0 Å². The van der Waals surface area contributed by atoms with Crippen molar-refractivity contribution < 1.29 is 17.9 Å². The highest BCUT2D eigenvalue weighted by atomic mass is 79.9. The molecule has 8 heteroatoms. The molecule has 0 unspecified atom stereocenters. The van der Waals surface area contributed by atoms with Crippen LogP contribution in [0.25, 0.3) is 0 Å². The second-order valence-corrected chi connectivity index (χ2v) is 9.59. The number of nitrogens with one attached hydrogen (secondary N) is 1. The molecule has 6 nitrogen and oxygen atoms in total. The monoisotopic (exact) mass is 502 g/mol. The largest absolute Gasteiger partial charge is 0.492 e. The first-order chi connectivity index (χ1) is 14.9. The predicted octanol–water partition coefficient (Wildman–Crippen LogP) is 4.15. The minimum Gasteiger partial charge on any atom is -0.492 e. The fraction of sp³-hybridized carbons (Fsp3) is 0.174. The first-order valence-corrected chi connectivity index (χ1v) is 11.9. The third-order valence-corrected chi connectivity index (χ3v) is 6.76. The van der Waals surface area contributed by atoms with Gasteiger partial charge in [0.25, 0.3) is 10.0 Å². The molecule has 0 aromatic heterocycles. The van der Waals surface area contributed by atoms with E-state index in [1.54, 1.807) is 42.5 Å². The van der Waals surface area contributed by atoms with E-state index in [1.165, 1.54) is 12.1 Å². The van der Waals surface area contributed by atoms with E-state index in [1.807, 2.05) is 31.2 Å². The second kappa shape index (κ2) is 10.5. The van der Waals surface area contributed by atoms with Crippen LogP contribution in [0.3, 0.4) is 0 Å². The lowest BCUT2D eigenvalue weighted by Gasteiger charge is -2.24. The van der Waals surface area contributed by atoms with Gasteiger partial charge >= 0.3 is 0 Å². The lowest BCUT2D eigenvalue weighted by molar-refractivity contribution is -0.119. The average molecular weight is 503 g/mol. The number of ether oxygens (including phenoxy) is 1. The number of aryl methyl sites for hydroxylation is 1. The number of sulfonamides is 1. The van der Waals surface area contributed by atoms with Crippen molar-refractivity contribution in [1.29, 1.82) is 0 Å². The van der Waals surface area contributed by atoms with Crippen molar-refractivity contribution in [2.45, 2.75) is 11.8 Å². The molecule has 0 spiro atoms. The molecule has 0 heterocycles. The van der Waals surface area contributed by atoms with Gasteiger partial charge in [0.1, 0.15) is 18.9 Å². The molecule has 3 aromatic carbocycles. The number of rotatable bonds is 9. The van der Waals surface area contributed by atoms with Crippen molar-refractivity contribution in [1.82, 2.24) is 5.32 Å². The zero-order valence-electron chi connectivity index (χ0n) is 17.0. The summed E-state index contributed by atoms with van der Waals surface area (Å²) in [5.41, 5.74) is 1.53. The molecular weight excluding hydrogens is 480 g/mol. The fourth-order valence-electron chi connectivity index (χ4n) is 2.82. The zero-order valence-corrected chi connectivity index (χ0v) is 19.4. The molecule has 0 fully saturated rings. The summed E-state index contributed by atoms with van der Waals surface area (Å²) < 4.78 is 33.9. The SMILES string of the molecule is Cc1ccc(OCCNC(=O)CN(c2ccc(Br)cc2)S(=O)(=O)c2ccccc2)cc1. The Labute approximate surface area is 191 Å². The van der Waals surface area contributed by atoms with Crippen molar-refractivity contribution in [3.8, 4) is 5.75 Å². The van der Waals surface area contributed by atoms with Crippen LogP contribution in [-0.2, 0) is 14.8 Å². The smallest absolute Gasteiger partial charge is 0.264 e. The third-order valence-electron chi connectivity index (χ3n) is 4.45. The van der Waals surface area contributed by atoms with E-state index in [0.29, 0.717) is 11.4 Å². The average Bonchev–Trinajstić information content (AvgIpc) is 2.77. The van der Waals surface area contributed by atoms with Gasteiger partial charge in [-0.15, -0.1) is 0 Å². The maximum atomic E-state index is 13.2. The van der Waals surface area contributed by atoms with Crippen LogP contribution in [0.2, 0.25) is 0 Å². The van der Waals surface area contributed by atoms with E-state index >= 15 is 0 Å². The van der Waals surface area contributed by atoms with Crippen LogP contribution in [-0.4, -0.2) is 34.0 Å². The van der Waals surface area contributed by atoms with Crippen molar-refractivity contribution in [3.05, 3.63) is 88.9 Å². The Morgan fingerprint density at radius 2 is 1.61 bits per heavy atom. The van der Waals surface area contributed by atoms with Gasteiger partial charge in [-0.3, -0.25) is 9.10 Å². The summed E-state index contributed by atoms with van der Waals surface area (Å²) in [6.07, 6.45) is 0. The molecule has 162 valence electrons. The van der Waals surface area contributed by atoms with Gasteiger partial charge in [-0.2, -0.15) is 0 Å². The van der Waals surface area contributed by atoms with Gasteiger partial charge in [-0.25, -0.2) is 8.42 Å². The zero-order chi connectivity index (χ0) is 22.3. The van der Waals surface area contributed by atoms with Crippen LogP contribution >= 0.6 is 15.9 Å². The van der Waals surface area contributed by atoms with E-state index in [4.69, 9.17) is 4.74 Å². The number of anilines is 1. The molecule has 3 aromatic rings. The van der Waals surface area contributed by atoms with Gasteiger partial charge in [0, 0.05) is 4.47 Å². The summed E-state index contributed by atoms with van der Waals surface area (Å²) in [5, 5.41) is 2.72. The predicted molar refractivity (Wildman–Crippen MR) is 125 cm³/mol. The molecule has 0 radical (unpaired) electrons. The van der Waals surface area contributed by atoms with Crippen molar-refractivity contribution in [3.63, 3.8) is 0 Å². The minimum absolute atomic E-state index is 0.119.